The second-order valence-electron chi connectivity index (χ2n) is 2.98. The molecule has 0 fully saturated rings. The Morgan fingerprint density at radius 1 is 1.46 bits per heavy atom. The van der Waals surface area contributed by atoms with Crippen LogP contribution in [0.4, 0.5) is 4.79 Å². The van der Waals surface area contributed by atoms with Crippen molar-refractivity contribution in [1.29, 1.82) is 0 Å². The fraction of sp³-hybridized carbons (Fsp3) is 0.700. The lowest BCUT2D eigenvalue weighted by molar-refractivity contribution is 0.124. The van der Waals surface area contributed by atoms with Crippen molar-refractivity contribution in [2.75, 3.05) is 0 Å². The molecule has 0 rings (SSSR count). The van der Waals surface area contributed by atoms with Gasteiger partial charge in [0.2, 0.25) is 0 Å². The molecule has 0 bridgehead atoms. The molecular weight excluding hydrogens is 166 g/mol. The number of unbranched alkanes of at least 4 members (excludes halogenated alkanes) is 1. The number of hydrogen-bond donors (Lipinski definition) is 1. The van der Waals surface area contributed by atoms with Gasteiger partial charge in [-0.25, -0.2) is 4.79 Å². The average molecular weight is 185 g/mol. The molecule has 0 aliphatic carbocycles. The summed E-state index contributed by atoms with van der Waals surface area (Å²) in [6, 6.07) is 0. The minimum atomic E-state index is -0.695. The maximum Gasteiger partial charge on any atom is 0.405 e. The van der Waals surface area contributed by atoms with Gasteiger partial charge in [0, 0.05) is 0 Å². The Labute approximate surface area is 79.9 Å². The van der Waals surface area contributed by atoms with Crippen LogP contribution >= 0.6 is 0 Å². The lowest BCUT2D eigenvalue weighted by atomic mass is 10.2. The first-order chi connectivity index (χ1) is 6.20. The van der Waals surface area contributed by atoms with Gasteiger partial charge < -0.3 is 10.5 Å². The fourth-order valence-corrected chi connectivity index (χ4v) is 1.04. The molecule has 76 valence electrons. The van der Waals surface area contributed by atoms with Gasteiger partial charge in [-0.2, -0.15) is 0 Å². The Kier molecular flexibility index (Phi) is 7.07. The maximum absolute atomic E-state index is 10.5. The minimum Gasteiger partial charge on any atom is -0.442 e. The highest BCUT2D eigenvalue weighted by molar-refractivity contribution is 5.65. The fourth-order valence-electron chi connectivity index (χ4n) is 1.04. The lowest BCUT2D eigenvalue weighted by Gasteiger charge is -2.10. The molecule has 3 nitrogen and oxygen atoms in total. The molecule has 1 amide bonds. The van der Waals surface area contributed by atoms with E-state index in [0.29, 0.717) is 0 Å². The highest BCUT2D eigenvalue weighted by Gasteiger charge is 2.06. The molecule has 1 unspecified atom stereocenters. The van der Waals surface area contributed by atoms with Crippen molar-refractivity contribution >= 4 is 6.09 Å². The van der Waals surface area contributed by atoms with E-state index in [9.17, 15) is 4.79 Å². The Hall–Kier alpha value is -0.990. The van der Waals surface area contributed by atoms with Gasteiger partial charge in [-0.05, 0) is 18.9 Å². The molecule has 0 saturated carbocycles. The third kappa shape index (κ3) is 7.37. The molecule has 0 saturated heterocycles. The zero-order valence-electron chi connectivity index (χ0n) is 8.45. The summed E-state index contributed by atoms with van der Waals surface area (Å²) >= 11 is 0. The van der Waals surface area contributed by atoms with Crippen molar-refractivity contribution in [3.63, 3.8) is 0 Å². The first kappa shape index (κ1) is 12.0. The van der Waals surface area contributed by atoms with Gasteiger partial charge >= 0.3 is 6.09 Å². The number of carbonyl (C=O) groups excluding carboxylic acids is 1. The van der Waals surface area contributed by atoms with Crippen molar-refractivity contribution in [2.45, 2.75) is 45.6 Å². The maximum atomic E-state index is 10.5. The second-order valence-corrected chi connectivity index (χ2v) is 2.98. The smallest absolute Gasteiger partial charge is 0.405 e. The molecule has 13 heavy (non-hydrogen) atoms. The molecule has 0 aromatic heterocycles. The number of nitrogens with two attached hydrogens (primary N) is 1. The summed E-state index contributed by atoms with van der Waals surface area (Å²) in [5.74, 6) is 0. The Bertz CT molecular complexity index is 166. The molecule has 0 spiro atoms. The number of hydrogen-bond acceptors (Lipinski definition) is 2. The summed E-state index contributed by atoms with van der Waals surface area (Å²) in [6.07, 6.45) is 7.04. The van der Waals surface area contributed by atoms with Gasteiger partial charge in [0.05, 0.1) is 0 Å². The third-order valence-electron chi connectivity index (χ3n) is 1.65. The lowest BCUT2D eigenvalue weighted by Crippen LogP contribution is -2.20. The van der Waals surface area contributed by atoms with Crippen LogP contribution in [0.1, 0.15) is 39.5 Å². The van der Waals surface area contributed by atoms with E-state index >= 15 is 0 Å². The number of primary amides is 1. The minimum absolute atomic E-state index is 0.144. The quantitative estimate of drug-likeness (QED) is 0.647. The highest BCUT2D eigenvalue weighted by Crippen LogP contribution is 2.04. The van der Waals surface area contributed by atoms with E-state index in [2.05, 4.69) is 6.92 Å². The molecule has 3 heteroatoms. The van der Waals surface area contributed by atoms with Crippen LogP contribution < -0.4 is 5.73 Å². The molecule has 1 atom stereocenters. The van der Waals surface area contributed by atoms with E-state index in [0.717, 1.165) is 25.7 Å². The predicted molar refractivity (Wildman–Crippen MR) is 53.4 cm³/mol. The summed E-state index contributed by atoms with van der Waals surface area (Å²) in [7, 11) is 0. The largest absolute Gasteiger partial charge is 0.442 e. The number of allylic oxidation sites excluding steroid dienone is 1. The topological polar surface area (TPSA) is 52.3 Å². The molecule has 0 heterocycles. The van der Waals surface area contributed by atoms with Crippen molar-refractivity contribution < 1.29 is 9.53 Å². The molecule has 0 aromatic rings. The van der Waals surface area contributed by atoms with Crippen LogP contribution in [0, 0.1) is 0 Å². The molecule has 0 aliphatic heterocycles. The molecular formula is C10H19NO2. The number of carbonyl (C=O) groups is 1. The number of rotatable bonds is 6. The SMILES string of the molecule is CCC/C=C/C(CCC)OC(N)=O. The molecule has 0 aromatic carbocycles. The number of amides is 1. The van der Waals surface area contributed by atoms with Crippen molar-refractivity contribution in [2.24, 2.45) is 5.73 Å². The van der Waals surface area contributed by atoms with Gasteiger partial charge in [-0.1, -0.05) is 32.8 Å². The van der Waals surface area contributed by atoms with E-state index in [-0.39, 0.29) is 6.10 Å². The van der Waals surface area contributed by atoms with E-state index in [4.69, 9.17) is 10.5 Å². The van der Waals surface area contributed by atoms with Gasteiger partial charge in [0.1, 0.15) is 6.10 Å². The molecule has 2 N–H and O–H groups in total. The normalized spacial score (nSPS) is 13.1. The zero-order chi connectivity index (χ0) is 10.1. The molecule has 0 aliphatic rings. The van der Waals surface area contributed by atoms with Crippen molar-refractivity contribution in [1.82, 2.24) is 0 Å². The molecule has 0 radical (unpaired) electrons. The van der Waals surface area contributed by atoms with Crippen LogP contribution in [-0.4, -0.2) is 12.2 Å². The van der Waals surface area contributed by atoms with Crippen LogP contribution in [0.15, 0.2) is 12.2 Å². The third-order valence-corrected chi connectivity index (χ3v) is 1.65. The van der Waals surface area contributed by atoms with Crippen LogP contribution in [0.5, 0.6) is 0 Å². The Morgan fingerprint density at radius 3 is 2.62 bits per heavy atom. The van der Waals surface area contributed by atoms with Crippen LogP contribution in [0.3, 0.4) is 0 Å². The first-order valence-electron chi connectivity index (χ1n) is 4.83. The van der Waals surface area contributed by atoms with Gasteiger partial charge in [0.25, 0.3) is 0 Å². The van der Waals surface area contributed by atoms with E-state index in [1.807, 2.05) is 19.1 Å². The monoisotopic (exact) mass is 185 g/mol. The summed E-state index contributed by atoms with van der Waals surface area (Å²) in [5.41, 5.74) is 4.93. The summed E-state index contributed by atoms with van der Waals surface area (Å²) in [4.78, 5) is 10.5. The predicted octanol–water partition coefficient (Wildman–Crippen LogP) is 2.61. The standard InChI is InChI=1S/C10H19NO2/c1-3-5-6-8-9(7-4-2)13-10(11)12/h6,8-9H,3-5,7H2,1-2H3,(H2,11,12)/b8-6+. The van der Waals surface area contributed by atoms with Gasteiger partial charge in [0.15, 0.2) is 0 Å². The second kappa shape index (κ2) is 7.65. The van der Waals surface area contributed by atoms with E-state index in [1.165, 1.54) is 0 Å². The zero-order valence-corrected chi connectivity index (χ0v) is 8.45. The number of ether oxygens (including phenoxy) is 1. The van der Waals surface area contributed by atoms with E-state index in [1.54, 1.807) is 0 Å². The van der Waals surface area contributed by atoms with Gasteiger partial charge in [-0.15, -0.1) is 0 Å². The van der Waals surface area contributed by atoms with Crippen LogP contribution in [0.25, 0.3) is 0 Å². The highest BCUT2D eigenvalue weighted by atomic mass is 16.6. The van der Waals surface area contributed by atoms with Crippen molar-refractivity contribution in [3.05, 3.63) is 12.2 Å². The van der Waals surface area contributed by atoms with Gasteiger partial charge in [-0.3, -0.25) is 0 Å². The average Bonchev–Trinajstić information content (AvgIpc) is 2.04. The first-order valence-corrected chi connectivity index (χ1v) is 4.83. The van der Waals surface area contributed by atoms with Crippen molar-refractivity contribution in [3.8, 4) is 0 Å². The van der Waals surface area contributed by atoms with E-state index < -0.39 is 6.09 Å². The summed E-state index contributed by atoms with van der Waals surface area (Å²) < 4.78 is 4.89. The Balaban J connectivity index is 3.85. The Morgan fingerprint density at radius 2 is 2.15 bits per heavy atom. The summed E-state index contributed by atoms with van der Waals surface area (Å²) in [6.45, 7) is 4.15. The summed E-state index contributed by atoms with van der Waals surface area (Å²) in [5, 5.41) is 0. The van der Waals surface area contributed by atoms with Crippen LogP contribution in [-0.2, 0) is 4.74 Å². The van der Waals surface area contributed by atoms with Crippen LogP contribution in [0.2, 0.25) is 0 Å².